The van der Waals surface area contributed by atoms with E-state index in [1.807, 2.05) is 19.1 Å². The van der Waals surface area contributed by atoms with Crippen LogP contribution < -0.4 is 4.74 Å². The number of hydrogen-bond acceptors (Lipinski definition) is 3. The Morgan fingerprint density at radius 3 is 2.55 bits per heavy atom. The predicted octanol–water partition coefficient (Wildman–Crippen LogP) is 8.74. The van der Waals surface area contributed by atoms with Crippen molar-refractivity contribution in [3.05, 3.63) is 94.3 Å². The second-order valence-corrected chi connectivity index (χ2v) is 12.6. The third-order valence-corrected chi connectivity index (χ3v) is 9.76. The summed E-state index contributed by atoms with van der Waals surface area (Å²) >= 11 is 0. The zero-order valence-electron chi connectivity index (χ0n) is 24.1. The molecule has 3 aromatic carbocycles. The molecule has 6 rings (SSSR count). The quantitative estimate of drug-likeness (QED) is 0.294. The average Bonchev–Trinajstić information content (AvgIpc) is 3.30. The van der Waals surface area contributed by atoms with Gasteiger partial charge in [0.25, 0.3) is 0 Å². The van der Waals surface area contributed by atoms with E-state index in [1.54, 1.807) is 6.07 Å². The molecule has 3 aliphatic carbocycles. The summed E-state index contributed by atoms with van der Waals surface area (Å²) in [6.45, 7) is 6.97. The van der Waals surface area contributed by atoms with Gasteiger partial charge in [-0.25, -0.2) is 4.39 Å². The smallest absolute Gasteiger partial charge is 0.309 e. The Bertz CT molecular complexity index is 1500. The zero-order chi connectivity index (χ0) is 28.1. The van der Waals surface area contributed by atoms with Crippen molar-refractivity contribution in [3.63, 3.8) is 0 Å². The molecule has 208 valence electrons. The van der Waals surface area contributed by atoms with Crippen LogP contribution in [0.5, 0.6) is 5.75 Å². The third kappa shape index (κ3) is 4.56. The van der Waals surface area contributed by atoms with Gasteiger partial charge in [0.2, 0.25) is 0 Å². The van der Waals surface area contributed by atoms with Crippen LogP contribution in [0.15, 0.2) is 60.7 Å². The normalized spacial score (nSPS) is 22.8. The van der Waals surface area contributed by atoms with Crippen LogP contribution in [0.25, 0.3) is 16.7 Å². The summed E-state index contributed by atoms with van der Waals surface area (Å²) in [7, 11) is 1.49. The van der Waals surface area contributed by atoms with E-state index in [1.165, 1.54) is 23.8 Å². The van der Waals surface area contributed by atoms with Crippen LogP contribution in [0.2, 0.25) is 0 Å². The Morgan fingerprint density at radius 1 is 0.975 bits per heavy atom. The maximum absolute atomic E-state index is 15.0. The van der Waals surface area contributed by atoms with Gasteiger partial charge in [0.05, 0.1) is 13.0 Å². The van der Waals surface area contributed by atoms with Crippen molar-refractivity contribution in [1.29, 1.82) is 0 Å². The minimum atomic E-state index is -0.198. The lowest BCUT2D eigenvalue weighted by Gasteiger charge is -2.51. The maximum atomic E-state index is 15.0. The van der Waals surface area contributed by atoms with Crippen molar-refractivity contribution >= 4 is 11.5 Å². The number of carbonyl (C=O) groups excluding carboxylic acids is 1. The lowest BCUT2D eigenvalue weighted by atomic mass is 9.52. The third-order valence-electron chi connectivity index (χ3n) is 9.76. The molecule has 3 aliphatic rings. The van der Waals surface area contributed by atoms with Gasteiger partial charge < -0.3 is 9.47 Å². The van der Waals surface area contributed by atoms with E-state index in [2.05, 4.69) is 56.3 Å². The molecule has 1 saturated carbocycles. The number of hydrogen-bond donors (Lipinski definition) is 0. The van der Waals surface area contributed by atoms with Gasteiger partial charge in [-0.3, -0.25) is 4.79 Å². The Hall–Kier alpha value is -3.40. The molecule has 0 saturated heterocycles. The highest BCUT2D eigenvalue weighted by Crippen LogP contribution is 2.56. The molecule has 1 spiro atoms. The Kier molecular flexibility index (Phi) is 6.84. The summed E-state index contributed by atoms with van der Waals surface area (Å²) in [5.74, 6) is 0.474. The molecule has 3 aromatic rings. The standard InChI is InChI=1S/C36H39FO3/c1-23-9-14-33(37)29(19-23)27-13-10-24(20-28(27)30-8-6-16-35(30,2)3)22-40-26-12-11-25-7-5-17-36(32(25)21-26)18-15-31(36)34(38)39-4/h8-14,19-21,31H,5-7,15-18,22H2,1-4H3/t31-,36-/m1/s1. The Morgan fingerprint density at radius 2 is 1.82 bits per heavy atom. The highest BCUT2D eigenvalue weighted by Gasteiger charge is 2.53. The summed E-state index contributed by atoms with van der Waals surface area (Å²) in [6, 6.07) is 18.0. The number of aryl methyl sites for hydroxylation is 2. The maximum Gasteiger partial charge on any atom is 0.309 e. The fourth-order valence-corrected chi connectivity index (χ4v) is 7.41. The van der Waals surface area contributed by atoms with Crippen molar-refractivity contribution in [1.82, 2.24) is 0 Å². The van der Waals surface area contributed by atoms with Gasteiger partial charge in [0.1, 0.15) is 18.2 Å². The number of halogens is 1. The Balaban J connectivity index is 1.31. The fourth-order valence-electron chi connectivity index (χ4n) is 7.41. The molecule has 2 atom stereocenters. The number of benzene rings is 3. The minimum absolute atomic E-state index is 0.0281. The van der Waals surface area contributed by atoms with E-state index >= 15 is 4.39 Å². The highest BCUT2D eigenvalue weighted by atomic mass is 19.1. The summed E-state index contributed by atoms with van der Waals surface area (Å²) in [4.78, 5) is 12.5. The molecule has 0 amide bonds. The first kappa shape index (κ1) is 26.8. The van der Waals surface area contributed by atoms with Crippen LogP contribution in [0.3, 0.4) is 0 Å². The first-order chi connectivity index (χ1) is 19.2. The molecule has 1 fully saturated rings. The molecule has 0 aromatic heterocycles. The Labute approximate surface area is 237 Å². The fraction of sp³-hybridized carbons (Fsp3) is 0.417. The lowest BCUT2D eigenvalue weighted by molar-refractivity contribution is -0.153. The molecule has 3 nitrogen and oxygen atoms in total. The van der Waals surface area contributed by atoms with E-state index in [4.69, 9.17) is 9.47 Å². The number of ether oxygens (including phenoxy) is 2. The van der Waals surface area contributed by atoms with Crippen LogP contribution in [-0.4, -0.2) is 13.1 Å². The van der Waals surface area contributed by atoms with Gasteiger partial charge in [-0.2, -0.15) is 0 Å². The molecule has 0 aliphatic heterocycles. The number of rotatable bonds is 6. The van der Waals surface area contributed by atoms with E-state index in [9.17, 15) is 4.79 Å². The second kappa shape index (κ2) is 10.2. The van der Waals surface area contributed by atoms with Crippen LogP contribution >= 0.6 is 0 Å². The topological polar surface area (TPSA) is 35.5 Å². The highest BCUT2D eigenvalue weighted by molar-refractivity contribution is 5.85. The van der Waals surface area contributed by atoms with E-state index < -0.39 is 0 Å². The summed E-state index contributed by atoms with van der Waals surface area (Å²) in [5, 5.41) is 0. The van der Waals surface area contributed by atoms with Crippen LogP contribution in [0.1, 0.15) is 80.2 Å². The van der Waals surface area contributed by atoms with Gasteiger partial charge in [-0.1, -0.05) is 49.8 Å². The molecular formula is C36H39FO3. The average molecular weight is 539 g/mol. The molecule has 4 heteroatoms. The minimum Gasteiger partial charge on any atom is -0.489 e. The van der Waals surface area contributed by atoms with E-state index in [0.29, 0.717) is 12.2 Å². The van der Waals surface area contributed by atoms with Crippen molar-refractivity contribution in [2.24, 2.45) is 11.3 Å². The van der Waals surface area contributed by atoms with E-state index in [0.717, 1.165) is 72.9 Å². The first-order valence-corrected chi connectivity index (χ1v) is 14.7. The lowest BCUT2D eigenvalue weighted by Crippen LogP contribution is -2.50. The predicted molar refractivity (Wildman–Crippen MR) is 158 cm³/mol. The second-order valence-electron chi connectivity index (χ2n) is 12.6. The van der Waals surface area contributed by atoms with Crippen LogP contribution in [0.4, 0.5) is 4.39 Å². The van der Waals surface area contributed by atoms with Gasteiger partial charge >= 0.3 is 5.97 Å². The summed E-state index contributed by atoms with van der Waals surface area (Å²) in [5.41, 5.74) is 8.55. The van der Waals surface area contributed by atoms with Crippen LogP contribution in [-0.2, 0) is 28.0 Å². The van der Waals surface area contributed by atoms with Gasteiger partial charge in [-0.15, -0.1) is 0 Å². The molecule has 0 heterocycles. The number of esters is 1. The number of allylic oxidation sites excluding steroid dienone is 2. The molecule has 40 heavy (non-hydrogen) atoms. The van der Waals surface area contributed by atoms with Gasteiger partial charge in [-0.05, 0) is 121 Å². The SMILES string of the molecule is COC(=O)[C@H]1CC[C@]12CCCc1ccc(OCc3ccc(-c4cc(C)ccc4F)c(C4=CCCC4(C)C)c3)cc12. The first-order valence-electron chi connectivity index (χ1n) is 14.7. The van der Waals surface area contributed by atoms with E-state index in [-0.39, 0.29) is 28.5 Å². The molecule has 0 N–H and O–H groups in total. The van der Waals surface area contributed by atoms with Crippen molar-refractivity contribution < 1.29 is 18.7 Å². The van der Waals surface area contributed by atoms with Crippen molar-refractivity contribution in [2.75, 3.05) is 7.11 Å². The van der Waals surface area contributed by atoms with Gasteiger partial charge in [0, 0.05) is 11.0 Å². The molecule has 0 bridgehead atoms. The van der Waals surface area contributed by atoms with Crippen LogP contribution in [0, 0.1) is 24.1 Å². The number of carbonyl (C=O) groups is 1. The molecule has 0 radical (unpaired) electrons. The monoisotopic (exact) mass is 538 g/mol. The summed E-state index contributed by atoms with van der Waals surface area (Å²) in [6.07, 6.45) is 9.50. The zero-order valence-corrected chi connectivity index (χ0v) is 24.1. The number of methoxy groups -OCH3 is 1. The van der Waals surface area contributed by atoms with Crippen molar-refractivity contribution in [2.45, 2.75) is 77.7 Å². The number of fused-ring (bicyclic) bond motifs is 2. The van der Waals surface area contributed by atoms with Crippen molar-refractivity contribution in [3.8, 4) is 16.9 Å². The van der Waals surface area contributed by atoms with Gasteiger partial charge in [0.15, 0.2) is 0 Å². The molecular weight excluding hydrogens is 499 g/mol. The summed E-state index contributed by atoms with van der Waals surface area (Å²) < 4.78 is 26.6. The largest absolute Gasteiger partial charge is 0.489 e. The molecule has 0 unspecified atom stereocenters.